The maximum Gasteiger partial charge on any atom is 0.410 e. The number of ether oxygens (including phenoxy) is 1. The molecule has 1 atom stereocenters. The molecule has 0 spiro atoms. The Morgan fingerprint density at radius 3 is 2.45 bits per heavy atom. The van der Waals surface area contributed by atoms with Crippen LogP contribution in [0.25, 0.3) is 0 Å². The first-order valence-corrected chi connectivity index (χ1v) is 8.43. The molecule has 1 N–H and O–H groups in total. The van der Waals surface area contributed by atoms with E-state index in [9.17, 15) is 14.7 Å². The fraction of sp³-hybridized carbons (Fsp3) is 0.882. The van der Waals surface area contributed by atoms with E-state index < -0.39 is 17.0 Å². The number of carboxylic acids is 1. The van der Waals surface area contributed by atoms with Gasteiger partial charge in [-0.3, -0.25) is 4.79 Å². The second-order valence-electron chi connectivity index (χ2n) is 7.91. The van der Waals surface area contributed by atoms with E-state index in [2.05, 4.69) is 0 Å². The number of carboxylic acid groups (broad SMARTS) is 1. The number of hydrogen-bond acceptors (Lipinski definition) is 3. The molecule has 1 unspecified atom stereocenters. The number of aliphatic carboxylic acids is 1. The van der Waals surface area contributed by atoms with Crippen LogP contribution in [0.15, 0.2) is 0 Å². The smallest absolute Gasteiger partial charge is 0.410 e. The molecule has 0 bridgehead atoms. The van der Waals surface area contributed by atoms with Crippen LogP contribution in [0, 0.1) is 11.3 Å². The van der Waals surface area contributed by atoms with Gasteiger partial charge >= 0.3 is 12.1 Å². The van der Waals surface area contributed by atoms with Gasteiger partial charge in [0.05, 0.1) is 5.41 Å². The minimum absolute atomic E-state index is 0.242. The second kappa shape index (κ2) is 6.47. The highest BCUT2D eigenvalue weighted by Crippen LogP contribution is 2.46. The van der Waals surface area contributed by atoms with Gasteiger partial charge in [-0.1, -0.05) is 6.42 Å². The van der Waals surface area contributed by atoms with Crippen LogP contribution >= 0.6 is 0 Å². The van der Waals surface area contributed by atoms with E-state index in [0.717, 1.165) is 51.5 Å². The number of piperidine rings is 1. The van der Waals surface area contributed by atoms with E-state index in [1.165, 1.54) is 0 Å². The maximum absolute atomic E-state index is 12.1. The highest BCUT2D eigenvalue weighted by atomic mass is 16.6. The van der Waals surface area contributed by atoms with E-state index in [-0.39, 0.29) is 6.09 Å². The fourth-order valence-electron chi connectivity index (χ4n) is 3.45. The summed E-state index contributed by atoms with van der Waals surface area (Å²) in [5, 5.41) is 9.40. The molecule has 2 fully saturated rings. The third-order valence-electron chi connectivity index (χ3n) is 4.97. The van der Waals surface area contributed by atoms with Crippen LogP contribution in [0.5, 0.6) is 0 Å². The van der Waals surface area contributed by atoms with Gasteiger partial charge in [0.15, 0.2) is 0 Å². The molecule has 5 heteroatoms. The minimum Gasteiger partial charge on any atom is -0.481 e. The number of rotatable bonds is 4. The maximum atomic E-state index is 12.1. The molecule has 0 aromatic rings. The molecule has 1 aliphatic heterocycles. The summed E-state index contributed by atoms with van der Waals surface area (Å²) in [6.45, 7) is 7.07. The first-order valence-electron chi connectivity index (χ1n) is 8.43. The number of likely N-dealkylation sites (tertiary alicyclic amines) is 1. The van der Waals surface area contributed by atoms with Crippen molar-refractivity contribution in [2.45, 2.75) is 71.3 Å². The van der Waals surface area contributed by atoms with Gasteiger partial charge in [0.25, 0.3) is 0 Å². The Morgan fingerprint density at radius 2 is 1.95 bits per heavy atom. The summed E-state index contributed by atoms with van der Waals surface area (Å²) in [6, 6.07) is 0. The molecule has 2 aliphatic rings. The van der Waals surface area contributed by atoms with Crippen molar-refractivity contribution in [1.82, 2.24) is 4.90 Å². The highest BCUT2D eigenvalue weighted by molar-refractivity contribution is 5.75. The van der Waals surface area contributed by atoms with Crippen molar-refractivity contribution in [1.29, 1.82) is 0 Å². The van der Waals surface area contributed by atoms with Crippen LogP contribution in [0.4, 0.5) is 4.79 Å². The van der Waals surface area contributed by atoms with Crippen molar-refractivity contribution in [3.05, 3.63) is 0 Å². The zero-order chi connectivity index (χ0) is 16.4. The van der Waals surface area contributed by atoms with E-state index in [1.54, 1.807) is 4.90 Å². The predicted octanol–water partition coefficient (Wildman–Crippen LogP) is 3.67. The van der Waals surface area contributed by atoms with Gasteiger partial charge in [-0.05, 0) is 65.2 Å². The van der Waals surface area contributed by atoms with E-state index in [0.29, 0.717) is 12.5 Å². The summed E-state index contributed by atoms with van der Waals surface area (Å²) in [4.78, 5) is 25.4. The molecule has 1 heterocycles. The minimum atomic E-state index is -0.640. The summed E-state index contributed by atoms with van der Waals surface area (Å²) in [5.74, 6) is -0.239. The summed E-state index contributed by atoms with van der Waals surface area (Å²) >= 11 is 0. The van der Waals surface area contributed by atoms with Crippen molar-refractivity contribution >= 4 is 12.1 Å². The fourth-order valence-corrected chi connectivity index (χ4v) is 3.45. The van der Waals surface area contributed by atoms with E-state index in [4.69, 9.17) is 4.74 Å². The van der Waals surface area contributed by atoms with Gasteiger partial charge in [0.2, 0.25) is 0 Å². The Labute approximate surface area is 133 Å². The molecule has 1 amide bonds. The van der Waals surface area contributed by atoms with Gasteiger partial charge < -0.3 is 14.7 Å². The Kier molecular flexibility index (Phi) is 5.03. The van der Waals surface area contributed by atoms with Gasteiger partial charge in [-0.15, -0.1) is 0 Å². The molecular formula is C17H29NO4. The number of hydrogen-bond donors (Lipinski definition) is 1. The van der Waals surface area contributed by atoms with Crippen molar-refractivity contribution in [3.63, 3.8) is 0 Å². The Hall–Kier alpha value is -1.26. The second-order valence-corrected chi connectivity index (χ2v) is 7.91. The lowest BCUT2D eigenvalue weighted by Crippen LogP contribution is -2.44. The summed E-state index contributed by atoms with van der Waals surface area (Å²) in [6.07, 6.45) is 6.10. The molecule has 1 aliphatic carbocycles. The van der Waals surface area contributed by atoms with Gasteiger partial charge in [0.1, 0.15) is 5.60 Å². The van der Waals surface area contributed by atoms with E-state index in [1.807, 2.05) is 20.8 Å². The highest BCUT2D eigenvalue weighted by Gasteiger charge is 2.44. The molecule has 0 radical (unpaired) electrons. The van der Waals surface area contributed by atoms with Crippen LogP contribution in [-0.4, -0.2) is 40.8 Å². The third-order valence-corrected chi connectivity index (χ3v) is 4.97. The summed E-state index contributed by atoms with van der Waals surface area (Å²) in [5.41, 5.74) is -0.947. The number of carbonyl (C=O) groups is 2. The lowest BCUT2D eigenvalue weighted by atomic mass is 9.65. The molecule has 1 saturated heterocycles. The molecule has 1 saturated carbocycles. The van der Waals surface area contributed by atoms with Gasteiger partial charge in [-0.2, -0.15) is 0 Å². The van der Waals surface area contributed by atoms with Crippen molar-refractivity contribution in [2.75, 3.05) is 13.1 Å². The number of carbonyl (C=O) groups excluding carboxylic acids is 1. The molecular weight excluding hydrogens is 282 g/mol. The lowest BCUT2D eigenvalue weighted by molar-refractivity contribution is -0.155. The zero-order valence-corrected chi connectivity index (χ0v) is 14.1. The summed E-state index contributed by atoms with van der Waals surface area (Å²) in [7, 11) is 0. The van der Waals surface area contributed by atoms with Crippen molar-refractivity contribution < 1.29 is 19.4 Å². The van der Waals surface area contributed by atoms with Crippen molar-refractivity contribution in [3.8, 4) is 0 Å². The van der Waals surface area contributed by atoms with Gasteiger partial charge in [0, 0.05) is 13.1 Å². The summed E-state index contributed by atoms with van der Waals surface area (Å²) < 4.78 is 5.43. The zero-order valence-electron chi connectivity index (χ0n) is 14.1. The molecule has 0 aromatic carbocycles. The normalized spacial score (nSPS) is 24.5. The van der Waals surface area contributed by atoms with Crippen LogP contribution in [0.3, 0.4) is 0 Å². The number of amides is 1. The largest absolute Gasteiger partial charge is 0.481 e. The molecule has 0 aromatic heterocycles. The molecule has 22 heavy (non-hydrogen) atoms. The van der Waals surface area contributed by atoms with Crippen LogP contribution in [0.1, 0.15) is 65.7 Å². The monoisotopic (exact) mass is 311 g/mol. The Balaban J connectivity index is 1.83. The average Bonchev–Trinajstić information content (AvgIpc) is 2.35. The predicted molar refractivity (Wildman–Crippen MR) is 83.7 cm³/mol. The first-order chi connectivity index (χ1) is 10.2. The topological polar surface area (TPSA) is 66.8 Å². The van der Waals surface area contributed by atoms with Gasteiger partial charge in [-0.25, -0.2) is 4.79 Å². The first kappa shape index (κ1) is 17.1. The molecule has 5 nitrogen and oxygen atoms in total. The van der Waals surface area contributed by atoms with Crippen molar-refractivity contribution in [2.24, 2.45) is 11.3 Å². The average molecular weight is 311 g/mol. The Bertz CT molecular complexity index is 423. The van der Waals surface area contributed by atoms with Crippen LogP contribution in [0.2, 0.25) is 0 Å². The third kappa shape index (κ3) is 4.14. The number of nitrogens with zero attached hydrogens (tertiary/aromatic N) is 1. The standard InChI is InChI=1S/C17H29NO4/c1-16(2,3)22-15(21)18-11-4-6-13(12-18)7-10-17(14(19)20)8-5-9-17/h13H,4-12H2,1-3H3,(H,19,20). The van der Waals surface area contributed by atoms with Crippen LogP contribution < -0.4 is 0 Å². The molecule has 126 valence electrons. The van der Waals surface area contributed by atoms with Crippen LogP contribution in [-0.2, 0) is 9.53 Å². The lowest BCUT2D eigenvalue weighted by Gasteiger charge is -2.40. The van der Waals surface area contributed by atoms with E-state index >= 15 is 0 Å². The quantitative estimate of drug-likeness (QED) is 0.860. The SMILES string of the molecule is CC(C)(C)OC(=O)N1CCCC(CCC2(C(=O)O)CCC2)C1. The molecule has 2 rings (SSSR count). The Morgan fingerprint density at radius 1 is 1.27 bits per heavy atom.